The Kier molecular flexibility index (Phi) is 3.75. The molecule has 0 spiro atoms. The normalized spacial score (nSPS) is 10.1. The molecule has 0 aromatic heterocycles. The van der Waals surface area contributed by atoms with Crippen molar-refractivity contribution in [2.45, 2.75) is 13.5 Å². The molecule has 0 aliphatic heterocycles. The van der Waals surface area contributed by atoms with E-state index in [2.05, 4.69) is 5.32 Å². The van der Waals surface area contributed by atoms with Crippen molar-refractivity contribution >= 4 is 11.6 Å². The first-order valence-corrected chi connectivity index (χ1v) is 5.86. The minimum absolute atomic E-state index is 0.0951. The van der Waals surface area contributed by atoms with Crippen molar-refractivity contribution in [1.29, 1.82) is 0 Å². The molecule has 3 heteroatoms. The predicted molar refractivity (Wildman–Crippen MR) is 73.5 cm³/mol. The lowest BCUT2D eigenvalue weighted by Crippen LogP contribution is -2.13. The van der Waals surface area contributed by atoms with Crippen LogP contribution in [0.1, 0.15) is 21.5 Å². The first kappa shape index (κ1) is 12.3. The summed E-state index contributed by atoms with van der Waals surface area (Å²) in [5, 5.41) is 2.88. The first-order valence-electron chi connectivity index (χ1n) is 5.86. The maximum absolute atomic E-state index is 12.1. The molecule has 0 fully saturated rings. The Bertz CT molecular complexity index is 564. The number of benzene rings is 2. The Morgan fingerprint density at radius 3 is 2.67 bits per heavy atom. The zero-order valence-corrected chi connectivity index (χ0v) is 10.3. The van der Waals surface area contributed by atoms with E-state index in [-0.39, 0.29) is 5.91 Å². The van der Waals surface area contributed by atoms with Gasteiger partial charge < -0.3 is 11.1 Å². The van der Waals surface area contributed by atoms with Gasteiger partial charge in [-0.05, 0) is 36.2 Å². The van der Waals surface area contributed by atoms with Gasteiger partial charge >= 0.3 is 0 Å². The number of hydrogen-bond acceptors (Lipinski definition) is 2. The van der Waals surface area contributed by atoms with Gasteiger partial charge in [0, 0.05) is 17.8 Å². The molecule has 3 N–H and O–H groups in total. The number of carbonyl (C=O) groups excluding carboxylic acids is 1. The lowest BCUT2D eigenvalue weighted by Gasteiger charge is -2.08. The highest BCUT2D eigenvalue weighted by Gasteiger charge is 2.08. The van der Waals surface area contributed by atoms with E-state index in [1.54, 1.807) is 0 Å². The summed E-state index contributed by atoms with van der Waals surface area (Å²) in [6.45, 7) is 2.39. The molecular formula is C15H16N2O. The van der Waals surface area contributed by atoms with Gasteiger partial charge in [0.2, 0.25) is 0 Å². The quantitative estimate of drug-likeness (QED) is 0.866. The number of rotatable bonds is 3. The van der Waals surface area contributed by atoms with E-state index in [1.807, 2.05) is 55.5 Å². The van der Waals surface area contributed by atoms with Gasteiger partial charge in [-0.25, -0.2) is 0 Å². The van der Waals surface area contributed by atoms with Crippen LogP contribution in [-0.2, 0) is 6.54 Å². The largest absolute Gasteiger partial charge is 0.326 e. The molecule has 0 aliphatic carbocycles. The molecule has 2 rings (SSSR count). The molecule has 0 atom stereocenters. The summed E-state index contributed by atoms with van der Waals surface area (Å²) in [7, 11) is 0. The average Bonchev–Trinajstić information content (AvgIpc) is 2.39. The lowest BCUT2D eigenvalue weighted by atomic mass is 10.1. The van der Waals surface area contributed by atoms with Gasteiger partial charge in [-0.15, -0.1) is 0 Å². The summed E-state index contributed by atoms with van der Waals surface area (Å²) in [6, 6.07) is 15.1. The third-order valence-corrected chi connectivity index (χ3v) is 2.81. The molecule has 0 saturated carbocycles. The van der Waals surface area contributed by atoms with Gasteiger partial charge in [-0.3, -0.25) is 4.79 Å². The van der Waals surface area contributed by atoms with Crippen LogP contribution in [-0.4, -0.2) is 5.91 Å². The Hall–Kier alpha value is -2.13. The van der Waals surface area contributed by atoms with Crippen molar-refractivity contribution in [1.82, 2.24) is 0 Å². The van der Waals surface area contributed by atoms with E-state index in [9.17, 15) is 4.79 Å². The maximum Gasteiger partial charge on any atom is 0.255 e. The van der Waals surface area contributed by atoms with Gasteiger partial charge in [0.05, 0.1) is 0 Å². The fourth-order valence-electron chi connectivity index (χ4n) is 1.80. The fourth-order valence-corrected chi connectivity index (χ4v) is 1.80. The van der Waals surface area contributed by atoms with Crippen molar-refractivity contribution in [2.24, 2.45) is 5.73 Å². The summed E-state index contributed by atoms with van der Waals surface area (Å²) in [6.07, 6.45) is 0. The van der Waals surface area contributed by atoms with Crippen LogP contribution >= 0.6 is 0 Å². The molecule has 2 aromatic carbocycles. The molecule has 0 unspecified atom stereocenters. The Balaban J connectivity index is 2.19. The summed E-state index contributed by atoms with van der Waals surface area (Å²) in [5.41, 5.74) is 8.99. The number of carbonyl (C=O) groups is 1. The van der Waals surface area contributed by atoms with E-state index in [1.165, 1.54) is 0 Å². The zero-order valence-electron chi connectivity index (χ0n) is 10.3. The molecule has 0 radical (unpaired) electrons. The molecule has 0 heterocycles. The van der Waals surface area contributed by atoms with E-state index in [0.717, 1.165) is 16.8 Å². The Morgan fingerprint density at radius 2 is 1.94 bits per heavy atom. The van der Waals surface area contributed by atoms with Crippen LogP contribution in [0, 0.1) is 6.92 Å². The molecular weight excluding hydrogens is 224 g/mol. The zero-order chi connectivity index (χ0) is 13.0. The lowest BCUT2D eigenvalue weighted by molar-refractivity contribution is 0.102. The Labute approximate surface area is 107 Å². The van der Waals surface area contributed by atoms with Gasteiger partial charge in [0.1, 0.15) is 0 Å². The highest BCUT2D eigenvalue weighted by Crippen LogP contribution is 2.13. The monoisotopic (exact) mass is 240 g/mol. The molecule has 1 amide bonds. The first-order chi connectivity index (χ1) is 8.70. The average molecular weight is 240 g/mol. The number of aryl methyl sites for hydroxylation is 1. The highest BCUT2D eigenvalue weighted by atomic mass is 16.1. The summed E-state index contributed by atoms with van der Waals surface area (Å²) in [5.74, 6) is -0.0951. The van der Waals surface area contributed by atoms with E-state index in [4.69, 9.17) is 5.73 Å². The fraction of sp³-hybridized carbons (Fsp3) is 0.133. The van der Waals surface area contributed by atoms with Gasteiger partial charge in [-0.1, -0.05) is 30.3 Å². The standard InChI is InChI=1S/C15H16N2O/c1-11-5-2-3-8-14(11)15(18)17-13-7-4-6-12(9-13)10-16/h2-9H,10,16H2,1H3,(H,17,18). The van der Waals surface area contributed by atoms with Crippen molar-refractivity contribution in [2.75, 3.05) is 5.32 Å². The number of anilines is 1. The number of hydrogen-bond donors (Lipinski definition) is 2. The van der Waals surface area contributed by atoms with Crippen molar-refractivity contribution in [3.63, 3.8) is 0 Å². The smallest absolute Gasteiger partial charge is 0.255 e. The summed E-state index contributed by atoms with van der Waals surface area (Å²) in [4.78, 5) is 12.1. The van der Waals surface area contributed by atoms with Gasteiger partial charge in [0.25, 0.3) is 5.91 Å². The highest BCUT2D eigenvalue weighted by molar-refractivity contribution is 6.05. The van der Waals surface area contributed by atoms with Crippen LogP contribution < -0.4 is 11.1 Å². The van der Waals surface area contributed by atoms with Gasteiger partial charge in [-0.2, -0.15) is 0 Å². The number of nitrogens with one attached hydrogen (secondary N) is 1. The Morgan fingerprint density at radius 1 is 1.17 bits per heavy atom. The van der Waals surface area contributed by atoms with E-state index < -0.39 is 0 Å². The third kappa shape index (κ3) is 2.76. The molecule has 2 aromatic rings. The number of amides is 1. The summed E-state index contributed by atoms with van der Waals surface area (Å²) >= 11 is 0. The molecule has 92 valence electrons. The minimum atomic E-state index is -0.0951. The van der Waals surface area contributed by atoms with Crippen molar-refractivity contribution in [3.05, 3.63) is 65.2 Å². The topological polar surface area (TPSA) is 55.1 Å². The van der Waals surface area contributed by atoms with Crippen molar-refractivity contribution < 1.29 is 4.79 Å². The predicted octanol–water partition coefficient (Wildman–Crippen LogP) is 2.71. The van der Waals surface area contributed by atoms with E-state index >= 15 is 0 Å². The second kappa shape index (κ2) is 5.47. The second-order valence-corrected chi connectivity index (χ2v) is 4.17. The maximum atomic E-state index is 12.1. The second-order valence-electron chi connectivity index (χ2n) is 4.17. The van der Waals surface area contributed by atoms with Crippen LogP contribution in [0.2, 0.25) is 0 Å². The van der Waals surface area contributed by atoms with Crippen LogP contribution in [0.15, 0.2) is 48.5 Å². The molecule has 3 nitrogen and oxygen atoms in total. The molecule has 18 heavy (non-hydrogen) atoms. The van der Waals surface area contributed by atoms with E-state index in [0.29, 0.717) is 12.1 Å². The van der Waals surface area contributed by atoms with Crippen LogP contribution in [0.4, 0.5) is 5.69 Å². The third-order valence-electron chi connectivity index (χ3n) is 2.81. The molecule has 0 saturated heterocycles. The van der Waals surface area contributed by atoms with Gasteiger partial charge in [0.15, 0.2) is 0 Å². The van der Waals surface area contributed by atoms with Crippen molar-refractivity contribution in [3.8, 4) is 0 Å². The van der Waals surface area contributed by atoms with Crippen LogP contribution in [0.5, 0.6) is 0 Å². The van der Waals surface area contributed by atoms with Crippen LogP contribution in [0.3, 0.4) is 0 Å². The number of nitrogens with two attached hydrogens (primary N) is 1. The molecule has 0 bridgehead atoms. The SMILES string of the molecule is Cc1ccccc1C(=O)Nc1cccc(CN)c1. The minimum Gasteiger partial charge on any atom is -0.326 e. The summed E-state index contributed by atoms with van der Waals surface area (Å²) < 4.78 is 0. The van der Waals surface area contributed by atoms with Crippen LogP contribution in [0.25, 0.3) is 0 Å². The molecule has 0 aliphatic rings.